The van der Waals surface area contributed by atoms with Crippen LogP contribution in [0.2, 0.25) is 5.02 Å². The molecule has 0 saturated heterocycles. The van der Waals surface area contributed by atoms with Crippen LogP contribution in [0, 0.1) is 20.8 Å². The Bertz CT molecular complexity index is 1300. The van der Waals surface area contributed by atoms with Gasteiger partial charge in [0.1, 0.15) is 4.88 Å². The second kappa shape index (κ2) is 7.17. The van der Waals surface area contributed by atoms with Crippen LogP contribution in [0.1, 0.15) is 36.7 Å². The molecule has 3 nitrogen and oxygen atoms in total. The van der Waals surface area contributed by atoms with Gasteiger partial charge in [0.15, 0.2) is 0 Å². The quantitative estimate of drug-likeness (QED) is 0.290. The van der Waals surface area contributed by atoms with Crippen LogP contribution in [0.3, 0.4) is 0 Å². The van der Waals surface area contributed by atoms with Crippen LogP contribution in [0.15, 0.2) is 41.8 Å². The highest BCUT2D eigenvalue weighted by molar-refractivity contribution is 7.26. The van der Waals surface area contributed by atoms with Gasteiger partial charge in [0.25, 0.3) is 11.8 Å². The number of aryl methyl sites for hydroxylation is 2. The smallest absolute Gasteiger partial charge is 0.268 e. The predicted molar refractivity (Wildman–Crippen MR) is 128 cm³/mol. The van der Waals surface area contributed by atoms with Crippen molar-refractivity contribution in [3.05, 3.63) is 73.9 Å². The van der Waals surface area contributed by atoms with E-state index in [0.717, 1.165) is 26.4 Å². The highest BCUT2D eigenvalue weighted by atomic mass is 35.5. The lowest BCUT2D eigenvalue weighted by Gasteiger charge is -2.21. The molecule has 0 fully saturated rings. The number of halogens is 1. The summed E-state index contributed by atoms with van der Waals surface area (Å²) in [6, 6.07) is 12.0. The molecule has 0 atom stereocenters. The van der Waals surface area contributed by atoms with Gasteiger partial charge in [-0.05, 0) is 67.1 Å². The third kappa shape index (κ3) is 2.90. The van der Waals surface area contributed by atoms with Crippen molar-refractivity contribution in [2.24, 2.45) is 0 Å². The second-order valence-electron chi connectivity index (χ2n) is 7.24. The molecule has 150 valence electrons. The number of carbonyl (C=O) groups excluding carboxylic acids is 2. The van der Waals surface area contributed by atoms with Gasteiger partial charge < -0.3 is 0 Å². The monoisotopic (exact) mass is 469 g/mol. The Labute approximate surface area is 191 Å². The SMILES string of the molecule is Cc1cc(C)c(N2C(=O)c3cc(-c4ccc(-c5cccs5)s4)sc3C2=O)c(C)c1Cl. The lowest BCUT2D eigenvalue weighted by atomic mass is 10.0. The van der Waals surface area contributed by atoms with E-state index in [1.807, 2.05) is 39.0 Å². The molecular formula is C23H16ClNO2S3. The molecule has 0 aliphatic carbocycles. The van der Waals surface area contributed by atoms with Gasteiger partial charge in [-0.3, -0.25) is 9.59 Å². The summed E-state index contributed by atoms with van der Waals surface area (Å²) in [5.74, 6) is -0.550. The van der Waals surface area contributed by atoms with Gasteiger partial charge in [0, 0.05) is 24.5 Å². The van der Waals surface area contributed by atoms with Crippen LogP contribution in [0.5, 0.6) is 0 Å². The molecule has 30 heavy (non-hydrogen) atoms. The van der Waals surface area contributed by atoms with Crippen molar-refractivity contribution in [2.45, 2.75) is 20.8 Å². The summed E-state index contributed by atoms with van der Waals surface area (Å²) in [6.07, 6.45) is 0. The zero-order valence-electron chi connectivity index (χ0n) is 16.4. The van der Waals surface area contributed by atoms with E-state index in [2.05, 4.69) is 23.6 Å². The van der Waals surface area contributed by atoms with Crippen LogP contribution >= 0.6 is 45.6 Å². The van der Waals surface area contributed by atoms with Crippen LogP contribution in [-0.4, -0.2) is 11.8 Å². The number of hydrogen-bond acceptors (Lipinski definition) is 5. The van der Waals surface area contributed by atoms with E-state index in [4.69, 9.17) is 11.6 Å². The van der Waals surface area contributed by atoms with Crippen LogP contribution < -0.4 is 4.90 Å². The average Bonchev–Trinajstić information content (AvgIpc) is 3.48. The Morgan fingerprint density at radius 2 is 1.57 bits per heavy atom. The molecule has 4 heterocycles. The third-order valence-corrected chi connectivity index (χ3v) is 9.29. The number of rotatable bonds is 3. The first-order chi connectivity index (χ1) is 14.4. The number of thiophene rings is 3. The number of nitrogens with zero attached hydrogens (tertiary/aromatic N) is 1. The minimum absolute atomic E-state index is 0.271. The number of carbonyl (C=O) groups is 2. The molecule has 0 unspecified atom stereocenters. The van der Waals surface area contributed by atoms with Crippen molar-refractivity contribution in [1.82, 2.24) is 0 Å². The molecule has 1 aromatic carbocycles. The van der Waals surface area contributed by atoms with Crippen LogP contribution in [0.4, 0.5) is 5.69 Å². The Morgan fingerprint density at radius 1 is 0.833 bits per heavy atom. The number of anilines is 1. The molecule has 1 aliphatic heterocycles. The van der Waals surface area contributed by atoms with E-state index in [-0.39, 0.29) is 11.8 Å². The molecule has 0 radical (unpaired) electrons. The zero-order chi connectivity index (χ0) is 21.2. The molecule has 1 aliphatic rings. The maximum Gasteiger partial charge on any atom is 0.276 e. The number of amides is 2. The summed E-state index contributed by atoms with van der Waals surface area (Å²) >= 11 is 11.2. The van der Waals surface area contributed by atoms with E-state index in [1.165, 1.54) is 26.0 Å². The highest BCUT2D eigenvalue weighted by Gasteiger charge is 2.40. The molecule has 7 heteroatoms. The normalized spacial score (nSPS) is 13.4. The number of benzene rings is 1. The van der Waals surface area contributed by atoms with Crippen molar-refractivity contribution in [2.75, 3.05) is 4.90 Å². The van der Waals surface area contributed by atoms with Crippen LogP contribution in [0.25, 0.3) is 19.5 Å². The van der Waals surface area contributed by atoms with Gasteiger partial charge in [0.05, 0.1) is 11.3 Å². The van der Waals surface area contributed by atoms with Crippen LogP contribution in [-0.2, 0) is 0 Å². The van der Waals surface area contributed by atoms with Crippen molar-refractivity contribution < 1.29 is 9.59 Å². The molecule has 4 aromatic rings. The van der Waals surface area contributed by atoms with E-state index in [9.17, 15) is 9.59 Å². The number of hydrogen-bond donors (Lipinski definition) is 0. The molecule has 0 spiro atoms. The van der Waals surface area contributed by atoms with Gasteiger partial charge in [-0.1, -0.05) is 23.7 Å². The first-order valence-corrected chi connectivity index (χ1v) is 12.2. The molecule has 0 bridgehead atoms. The van der Waals surface area contributed by atoms with Crippen molar-refractivity contribution in [1.29, 1.82) is 0 Å². The van der Waals surface area contributed by atoms with Gasteiger partial charge >= 0.3 is 0 Å². The highest BCUT2D eigenvalue weighted by Crippen LogP contribution is 2.44. The second-order valence-corrected chi connectivity index (χ2v) is 10.7. The molecular weight excluding hydrogens is 454 g/mol. The van der Waals surface area contributed by atoms with Crippen molar-refractivity contribution in [3.63, 3.8) is 0 Å². The molecule has 0 N–H and O–H groups in total. The topological polar surface area (TPSA) is 37.4 Å². The molecule has 0 saturated carbocycles. The Balaban J connectivity index is 1.53. The first kappa shape index (κ1) is 19.7. The van der Waals surface area contributed by atoms with Gasteiger partial charge in [-0.2, -0.15) is 0 Å². The summed E-state index contributed by atoms with van der Waals surface area (Å²) < 4.78 is 0. The van der Waals surface area contributed by atoms with Crippen molar-refractivity contribution >= 4 is 63.1 Å². The fourth-order valence-corrected chi connectivity index (χ4v) is 7.01. The van der Waals surface area contributed by atoms with E-state index < -0.39 is 0 Å². The fourth-order valence-electron chi connectivity index (χ4n) is 3.86. The third-order valence-electron chi connectivity index (χ3n) is 5.24. The van der Waals surface area contributed by atoms with E-state index >= 15 is 0 Å². The summed E-state index contributed by atoms with van der Waals surface area (Å²) in [4.78, 5) is 32.6. The summed E-state index contributed by atoms with van der Waals surface area (Å²) in [5, 5.41) is 2.65. The standard InChI is InChI=1S/C23H16ClNO2S3/c1-11-9-12(2)20(13(3)19(11)24)25-22(26)14-10-18(30-21(14)23(25)27)17-7-6-16(29-17)15-5-4-8-28-15/h4-10H,1-3H3. The zero-order valence-corrected chi connectivity index (χ0v) is 19.6. The minimum Gasteiger partial charge on any atom is -0.268 e. The Morgan fingerprint density at radius 3 is 2.23 bits per heavy atom. The number of imide groups is 1. The van der Waals surface area contributed by atoms with E-state index in [1.54, 1.807) is 22.7 Å². The Hall–Kier alpha value is -2.25. The van der Waals surface area contributed by atoms with Gasteiger partial charge in [-0.25, -0.2) is 4.90 Å². The maximum atomic E-state index is 13.2. The fraction of sp³-hybridized carbons (Fsp3) is 0.130. The minimum atomic E-state index is -0.279. The summed E-state index contributed by atoms with van der Waals surface area (Å²) in [5.41, 5.74) is 3.63. The number of fused-ring (bicyclic) bond motifs is 1. The van der Waals surface area contributed by atoms with Gasteiger partial charge in [-0.15, -0.1) is 34.0 Å². The summed E-state index contributed by atoms with van der Waals surface area (Å²) in [7, 11) is 0. The van der Waals surface area contributed by atoms with Gasteiger partial charge in [0.2, 0.25) is 0 Å². The lowest BCUT2D eigenvalue weighted by molar-refractivity contribution is 0.0926. The van der Waals surface area contributed by atoms with Crippen molar-refractivity contribution in [3.8, 4) is 19.5 Å². The molecule has 3 aromatic heterocycles. The first-order valence-electron chi connectivity index (χ1n) is 9.30. The van der Waals surface area contributed by atoms with E-state index in [0.29, 0.717) is 21.2 Å². The molecule has 2 amide bonds. The predicted octanol–water partition coefficient (Wildman–Crippen LogP) is 7.58. The largest absolute Gasteiger partial charge is 0.276 e. The maximum absolute atomic E-state index is 13.2. The summed E-state index contributed by atoms with van der Waals surface area (Å²) in [6.45, 7) is 5.68. The Kier molecular flexibility index (Phi) is 4.71. The molecule has 5 rings (SSSR count). The lowest BCUT2D eigenvalue weighted by Crippen LogP contribution is -2.31. The average molecular weight is 470 g/mol.